The molecular weight excluding hydrogens is 186 g/mol. The first-order valence-corrected chi connectivity index (χ1v) is 5.63. The van der Waals surface area contributed by atoms with E-state index in [1.54, 1.807) is 0 Å². The second kappa shape index (κ2) is 5.89. The fraction of sp³-hybridized carbons (Fsp3) is 0.538. The van der Waals surface area contributed by atoms with Crippen molar-refractivity contribution in [2.24, 2.45) is 0 Å². The molecule has 0 aliphatic rings. The van der Waals surface area contributed by atoms with Crippen molar-refractivity contribution in [1.82, 2.24) is 5.32 Å². The molecule has 0 aliphatic carbocycles. The van der Waals surface area contributed by atoms with Gasteiger partial charge in [-0.1, -0.05) is 37.6 Å². The van der Waals surface area contributed by atoms with Crippen LogP contribution in [0.2, 0.25) is 0 Å². The molecule has 0 saturated carbocycles. The summed E-state index contributed by atoms with van der Waals surface area (Å²) in [5, 5.41) is 13.0. The Hall–Kier alpha value is -0.860. The average Bonchev–Trinajstić information content (AvgIpc) is 2.28. The van der Waals surface area contributed by atoms with Crippen molar-refractivity contribution in [1.29, 1.82) is 0 Å². The SMILES string of the molecule is CCCc1ccc(C(O)C(C)NC)cc1. The minimum atomic E-state index is -0.425. The predicted octanol–water partition coefficient (Wildman–Crippen LogP) is 2.28. The van der Waals surface area contributed by atoms with Gasteiger partial charge in [0.25, 0.3) is 0 Å². The molecule has 1 rings (SSSR count). The average molecular weight is 207 g/mol. The zero-order valence-corrected chi connectivity index (χ0v) is 9.83. The molecule has 0 spiro atoms. The molecule has 2 nitrogen and oxygen atoms in total. The van der Waals surface area contributed by atoms with Gasteiger partial charge in [-0.3, -0.25) is 0 Å². The van der Waals surface area contributed by atoms with Crippen molar-refractivity contribution in [3.63, 3.8) is 0 Å². The molecule has 0 fully saturated rings. The van der Waals surface area contributed by atoms with Crippen molar-refractivity contribution in [3.05, 3.63) is 35.4 Å². The van der Waals surface area contributed by atoms with Crippen LogP contribution >= 0.6 is 0 Å². The first kappa shape index (κ1) is 12.2. The summed E-state index contributed by atoms with van der Waals surface area (Å²) >= 11 is 0. The molecule has 84 valence electrons. The summed E-state index contributed by atoms with van der Waals surface area (Å²) in [6.45, 7) is 4.15. The smallest absolute Gasteiger partial charge is 0.0940 e. The van der Waals surface area contributed by atoms with E-state index in [2.05, 4.69) is 24.4 Å². The number of hydrogen-bond acceptors (Lipinski definition) is 2. The van der Waals surface area contributed by atoms with E-state index in [1.165, 1.54) is 5.56 Å². The van der Waals surface area contributed by atoms with Crippen molar-refractivity contribution >= 4 is 0 Å². The van der Waals surface area contributed by atoms with Gasteiger partial charge in [0.15, 0.2) is 0 Å². The molecule has 1 aromatic carbocycles. The van der Waals surface area contributed by atoms with Gasteiger partial charge in [0.1, 0.15) is 0 Å². The van der Waals surface area contributed by atoms with E-state index in [9.17, 15) is 5.11 Å². The van der Waals surface area contributed by atoms with Crippen molar-refractivity contribution in [2.45, 2.75) is 38.8 Å². The van der Waals surface area contributed by atoms with E-state index in [4.69, 9.17) is 0 Å². The zero-order chi connectivity index (χ0) is 11.3. The van der Waals surface area contributed by atoms with E-state index >= 15 is 0 Å². The minimum Gasteiger partial charge on any atom is -0.387 e. The highest BCUT2D eigenvalue weighted by Gasteiger charge is 2.13. The lowest BCUT2D eigenvalue weighted by atomic mass is 10.0. The molecular formula is C13H21NO. The van der Waals surface area contributed by atoms with Gasteiger partial charge in [-0.05, 0) is 31.5 Å². The summed E-state index contributed by atoms with van der Waals surface area (Å²) in [4.78, 5) is 0. The van der Waals surface area contributed by atoms with Crippen molar-refractivity contribution in [2.75, 3.05) is 7.05 Å². The molecule has 0 saturated heterocycles. The highest BCUT2D eigenvalue weighted by molar-refractivity contribution is 5.25. The normalized spacial score (nSPS) is 14.9. The quantitative estimate of drug-likeness (QED) is 0.776. The predicted molar refractivity (Wildman–Crippen MR) is 63.9 cm³/mol. The Labute approximate surface area is 92.3 Å². The number of nitrogens with one attached hydrogen (secondary N) is 1. The topological polar surface area (TPSA) is 32.3 Å². The van der Waals surface area contributed by atoms with E-state index in [1.807, 2.05) is 26.1 Å². The number of benzene rings is 1. The van der Waals surface area contributed by atoms with Crippen LogP contribution in [0.5, 0.6) is 0 Å². The third-order valence-corrected chi connectivity index (χ3v) is 2.79. The molecule has 2 atom stereocenters. The van der Waals surface area contributed by atoms with Gasteiger partial charge in [-0.2, -0.15) is 0 Å². The van der Waals surface area contributed by atoms with Crippen molar-refractivity contribution in [3.8, 4) is 0 Å². The Morgan fingerprint density at radius 3 is 2.33 bits per heavy atom. The third-order valence-electron chi connectivity index (χ3n) is 2.79. The molecule has 2 N–H and O–H groups in total. The van der Waals surface area contributed by atoms with Gasteiger partial charge >= 0.3 is 0 Å². The molecule has 2 unspecified atom stereocenters. The zero-order valence-electron chi connectivity index (χ0n) is 9.83. The first-order chi connectivity index (χ1) is 7.19. The summed E-state index contributed by atoms with van der Waals surface area (Å²) in [6.07, 6.45) is 1.85. The third kappa shape index (κ3) is 3.33. The molecule has 1 aromatic rings. The fourth-order valence-electron chi connectivity index (χ4n) is 1.62. The molecule has 0 aliphatic heterocycles. The van der Waals surface area contributed by atoms with E-state index in [0.717, 1.165) is 18.4 Å². The Balaban J connectivity index is 2.70. The Morgan fingerprint density at radius 1 is 1.27 bits per heavy atom. The Morgan fingerprint density at radius 2 is 1.87 bits per heavy atom. The lowest BCUT2D eigenvalue weighted by molar-refractivity contribution is 0.140. The number of aliphatic hydroxyl groups excluding tert-OH is 1. The number of likely N-dealkylation sites (N-methyl/N-ethyl adjacent to an activating group) is 1. The summed E-state index contributed by atoms with van der Waals surface area (Å²) in [5.41, 5.74) is 2.32. The van der Waals surface area contributed by atoms with Crippen LogP contribution in [0.15, 0.2) is 24.3 Å². The lowest BCUT2D eigenvalue weighted by Crippen LogP contribution is -2.28. The second-order valence-electron chi connectivity index (χ2n) is 4.01. The van der Waals surface area contributed by atoms with Crippen LogP contribution in [0.25, 0.3) is 0 Å². The number of hydrogen-bond donors (Lipinski definition) is 2. The summed E-state index contributed by atoms with van der Waals surface area (Å²) in [5.74, 6) is 0. The van der Waals surface area contributed by atoms with Crippen LogP contribution < -0.4 is 5.32 Å². The van der Waals surface area contributed by atoms with Crippen LogP contribution in [0.3, 0.4) is 0 Å². The highest BCUT2D eigenvalue weighted by Crippen LogP contribution is 2.17. The molecule has 0 heterocycles. The number of rotatable bonds is 5. The van der Waals surface area contributed by atoms with Gasteiger partial charge in [0.05, 0.1) is 6.10 Å². The molecule has 0 amide bonds. The van der Waals surface area contributed by atoms with E-state index in [-0.39, 0.29) is 6.04 Å². The maximum absolute atomic E-state index is 9.95. The van der Waals surface area contributed by atoms with Gasteiger partial charge in [0, 0.05) is 6.04 Å². The van der Waals surface area contributed by atoms with Crippen LogP contribution in [0.4, 0.5) is 0 Å². The molecule has 2 heteroatoms. The van der Waals surface area contributed by atoms with E-state index in [0.29, 0.717) is 0 Å². The molecule has 0 radical (unpaired) electrons. The van der Waals surface area contributed by atoms with Gasteiger partial charge in [0.2, 0.25) is 0 Å². The second-order valence-corrected chi connectivity index (χ2v) is 4.01. The maximum Gasteiger partial charge on any atom is 0.0940 e. The molecule has 15 heavy (non-hydrogen) atoms. The largest absolute Gasteiger partial charge is 0.387 e. The highest BCUT2D eigenvalue weighted by atomic mass is 16.3. The molecule has 0 aromatic heterocycles. The Kier molecular flexibility index (Phi) is 4.79. The van der Waals surface area contributed by atoms with Crippen LogP contribution in [0, 0.1) is 0 Å². The van der Waals surface area contributed by atoms with Crippen molar-refractivity contribution < 1.29 is 5.11 Å². The summed E-state index contributed by atoms with van der Waals surface area (Å²) in [6, 6.07) is 8.32. The fourth-order valence-corrected chi connectivity index (χ4v) is 1.62. The maximum atomic E-state index is 9.95. The standard InChI is InChI=1S/C13H21NO/c1-4-5-11-6-8-12(9-7-11)13(15)10(2)14-3/h6-10,13-15H,4-5H2,1-3H3. The van der Waals surface area contributed by atoms with Gasteiger partial charge in [-0.15, -0.1) is 0 Å². The van der Waals surface area contributed by atoms with Crippen LogP contribution in [-0.2, 0) is 6.42 Å². The minimum absolute atomic E-state index is 0.0852. The van der Waals surface area contributed by atoms with Crippen LogP contribution in [-0.4, -0.2) is 18.2 Å². The van der Waals surface area contributed by atoms with E-state index < -0.39 is 6.10 Å². The number of aliphatic hydroxyl groups is 1. The van der Waals surface area contributed by atoms with Gasteiger partial charge < -0.3 is 10.4 Å². The van der Waals surface area contributed by atoms with Gasteiger partial charge in [-0.25, -0.2) is 0 Å². The summed E-state index contributed by atoms with van der Waals surface area (Å²) < 4.78 is 0. The monoisotopic (exact) mass is 207 g/mol. The Bertz CT molecular complexity index is 281. The van der Waals surface area contributed by atoms with Crippen LogP contribution in [0.1, 0.15) is 37.5 Å². The summed E-state index contributed by atoms with van der Waals surface area (Å²) in [7, 11) is 1.86. The first-order valence-electron chi connectivity index (χ1n) is 5.63. The lowest BCUT2D eigenvalue weighted by Gasteiger charge is -2.18. The molecule has 0 bridgehead atoms. The number of aryl methyl sites for hydroxylation is 1.